The van der Waals surface area contributed by atoms with Gasteiger partial charge >= 0.3 is 0 Å². The maximum Gasteiger partial charge on any atom is 0.135 e. The number of hydrogen-bond acceptors (Lipinski definition) is 3. The van der Waals surface area contributed by atoms with Crippen LogP contribution in [0.2, 0.25) is 5.02 Å². The maximum absolute atomic E-state index is 6.28. The van der Waals surface area contributed by atoms with Crippen molar-refractivity contribution in [3.63, 3.8) is 0 Å². The minimum atomic E-state index is 0.438. The van der Waals surface area contributed by atoms with Crippen molar-refractivity contribution in [2.75, 3.05) is 18.4 Å². The number of benzene rings is 1. The average molecular weight is 262 g/mol. The summed E-state index contributed by atoms with van der Waals surface area (Å²) in [6.45, 7) is 2.10. The van der Waals surface area contributed by atoms with Gasteiger partial charge in [0.15, 0.2) is 0 Å². The van der Waals surface area contributed by atoms with Crippen LogP contribution in [0.5, 0.6) is 0 Å². The predicted octanol–water partition coefficient (Wildman–Crippen LogP) is 3.05. The third-order valence-corrected chi connectivity index (χ3v) is 3.69. The van der Waals surface area contributed by atoms with Crippen LogP contribution in [0.1, 0.15) is 12.8 Å². The van der Waals surface area contributed by atoms with E-state index >= 15 is 0 Å². The van der Waals surface area contributed by atoms with Gasteiger partial charge in [-0.15, -0.1) is 0 Å². The summed E-state index contributed by atoms with van der Waals surface area (Å²) in [4.78, 5) is 4.44. The first-order valence-corrected chi connectivity index (χ1v) is 6.73. The number of hydrogen-bond donors (Lipinski definition) is 2. The van der Waals surface area contributed by atoms with Crippen molar-refractivity contribution in [2.24, 2.45) is 0 Å². The van der Waals surface area contributed by atoms with Gasteiger partial charge in [0.05, 0.1) is 5.02 Å². The molecule has 1 aliphatic heterocycles. The molecule has 3 rings (SSSR count). The minimum Gasteiger partial charge on any atom is -0.366 e. The summed E-state index contributed by atoms with van der Waals surface area (Å²) in [7, 11) is 0. The predicted molar refractivity (Wildman–Crippen MR) is 76.3 cm³/mol. The molecule has 0 unspecified atom stereocenters. The lowest BCUT2D eigenvalue weighted by Gasteiger charge is -2.25. The summed E-state index contributed by atoms with van der Waals surface area (Å²) in [5.41, 5.74) is 0. The van der Waals surface area contributed by atoms with Crippen LogP contribution in [0.4, 0.5) is 5.82 Å². The molecule has 0 saturated carbocycles. The quantitative estimate of drug-likeness (QED) is 0.873. The van der Waals surface area contributed by atoms with Gasteiger partial charge in [-0.2, -0.15) is 0 Å². The van der Waals surface area contributed by atoms with Gasteiger partial charge in [0.2, 0.25) is 0 Å². The number of rotatable bonds is 2. The largest absolute Gasteiger partial charge is 0.366 e. The van der Waals surface area contributed by atoms with Gasteiger partial charge < -0.3 is 10.6 Å². The number of anilines is 1. The number of nitrogens with one attached hydrogen (secondary N) is 2. The van der Waals surface area contributed by atoms with Gasteiger partial charge in [-0.25, -0.2) is 4.98 Å². The molecule has 4 heteroatoms. The monoisotopic (exact) mass is 261 g/mol. The lowest BCUT2D eigenvalue weighted by Crippen LogP contribution is -2.38. The van der Waals surface area contributed by atoms with Gasteiger partial charge in [-0.3, -0.25) is 0 Å². The zero-order valence-electron chi connectivity index (χ0n) is 10.1. The Morgan fingerprint density at radius 2 is 2.28 bits per heavy atom. The smallest absolute Gasteiger partial charge is 0.135 e. The van der Waals surface area contributed by atoms with Gasteiger partial charge in [-0.05, 0) is 36.9 Å². The van der Waals surface area contributed by atoms with Crippen molar-refractivity contribution < 1.29 is 0 Å². The molecule has 2 aromatic rings. The van der Waals surface area contributed by atoms with Crippen molar-refractivity contribution in [3.8, 4) is 0 Å². The Kier molecular flexibility index (Phi) is 3.35. The molecule has 0 amide bonds. The van der Waals surface area contributed by atoms with Crippen molar-refractivity contribution in [1.29, 1.82) is 0 Å². The highest BCUT2D eigenvalue weighted by Gasteiger charge is 2.15. The highest BCUT2D eigenvalue weighted by molar-refractivity contribution is 6.36. The van der Waals surface area contributed by atoms with Crippen LogP contribution < -0.4 is 10.6 Å². The highest BCUT2D eigenvalue weighted by atomic mass is 35.5. The van der Waals surface area contributed by atoms with Gasteiger partial charge in [0.1, 0.15) is 5.82 Å². The van der Waals surface area contributed by atoms with E-state index < -0.39 is 0 Å². The Balaban J connectivity index is 1.95. The second kappa shape index (κ2) is 5.12. The van der Waals surface area contributed by atoms with Gasteiger partial charge in [-0.1, -0.05) is 23.7 Å². The summed E-state index contributed by atoms with van der Waals surface area (Å²) in [6, 6.07) is 8.37. The van der Waals surface area contributed by atoms with E-state index in [9.17, 15) is 0 Å². The standard InChI is InChI=1S/C14H16ClN3/c15-12-5-1-3-10-6-8-17-14(13(10)12)18-11-4-2-7-16-9-11/h1,3,5-6,8,11,16H,2,4,7,9H2,(H,17,18)/t11-/m1/s1. The van der Waals surface area contributed by atoms with Crippen LogP contribution in [-0.2, 0) is 0 Å². The molecule has 2 N–H and O–H groups in total. The Bertz CT molecular complexity index is 544. The molecule has 0 aliphatic carbocycles. The molecule has 1 aromatic carbocycles. The summed E-state index contributed by atoms with van der Waals surface area (Å²) in [5, 5.41) is 9.81. The number of nitrogens with zero attached hydrogens (tertiary/aromatic N) is 1. The number of halogens is 1. The molecular formula is C14H16ClN3. The Morgan fingerprint density at radius 3 is 3.11 bits per heavy atom. The van der Waals surface area contributed by atoms with E-state index in [1.54, 1.807) is 0 Å². The molecule has 2 heterocycles. The van der Waals surface area contributed by atoms with E-state index in [2.05, 4.69) is 21.7 Å². The number of pyridine rings is 1. The normalized spacial score (nSPS) is 19.9. The third kappa shape index (κ3) is 2.28. The van der Waals surface area contributed by atoms with Crippen LogP contribution in [0.3, 0.4) is 0 Å². The number of aromatic nitrogens is 1. The van der Waals surface area contributed by atoms with E-state index in [0.717, 1.165) is 34.7 Å². The zero-order chi connectivity index (χ0) is 12.4. The topological polar surface area (TPSA) is 37.0 Å². The fourth-order valence-electron chi connectivity index (χ4n) is 2.46. The summed E-state index contributed by atoms with van der Waals surface area (Å²) in [6.07, 6.45) is 4.21. The van der Waals surface area contributed by atoms with Crippen LogP contribution >= 0.6 is 11.6 Å². The van der Waals surface area contributed by atoms with E-state index in [1.807, 2.05) is 24.4 Å². The lowest BCUT2D eigenvalue weighted by atomic mass is 10.1. The van der Waals surface area contributed by atoms with Crippen molar-refractivity contribution in [3.05, 3.63) is 35.5 Å². The number of piperidine rings is 1. The second-order valence-electron chi connectivity index (χ2n) is 4.69. The van der Waals surface area contributed by atoms with Crippen molar-refractivity contribution in [1.82, 2.24) is 10.3 Å². The summed E-state index contributed by atoms with van der Waals surface area (Å²) < 4.78 is 0. The minimum absolute atomic E-state index is 0.438. The van der Waals surface area contributed by atoms with Crippen LogP contribution in [-0.4, -0.2) is 24.1 Å². The molecule has 94 valence electrons. The molecule has 18 heavy (non-hydrogen) atoms. The molecular weight excluding hydrogens is 246 g/mol. The maximum atomic E-state index is 6.28. The molecule has 1 atom stereocenters. The van der Waals surface area contributed by atoms with E-state index in [1.165, 1.54) is 12.8 Å². The Hall–Kier alpha value is -1.32. The van der Waals surface area contributed by atoms with E-state index in [-0.39, 0.29) is 0 Å². The molecule has 0 radical (unpaired) electrons. The first kappa shape index (κ1) is 11.8. The molecule has 1 aliphatic rings. The lowest BCUT2D eigenvalue weighted by molar-refractivity contribution is 0.479. The fourth-order valence-corrected chi connectivity index (χ4v) is 2.74. The van der Waals surface area contributed by atoms with Crippen molar-refractivity contribution >= 4 is 28.2 Å². The van der Waals surface area contributed by atoms with E-state index in [0.29, 0.717) is 6.04 Å². The molecule has 1 fully saturated rings. The highest BCUT2D eigenvalue weighted by Crippen LogP contribution is 2.29. The fraction of sp³-hybridized carbons (Fsp3) is 0.357. The first-order valence-electron chi connectivity index (χ1n) is 6.35. The zero-order valence-corrected chi connectivity index (χ0v) is 10.9. The van der Waals surface area contributed by atoms with Crippen LogP contribution in [0.15, 0.2) is 30.5 Å². The average Bonchev–Trinajstić information content (AvgIpc) is 2.40. The molecule has 3 nitrogen and oxygen atoms in total. The van der Waals surface area contributed by atoms with Crippen LogP contribution in [0.25, 0.3) is 10.8 Å². The van der Waals surface area contributed by atoms with Crippen LogP contribution in [0, 0.1) is 0 Å². The molecule has 1 aromatic heterocycles. The summed E-state index contributed by atoms with van der Waals surface area (Å²) in [5.74, 6) is 0.895. The second-order valence-corrected chi connectivity index (χ2v) is 5.09. The molecule has 1 saturated heterocycles. The van der Waals surface area contributed by atoms with Gasteiger partial charge in [0, 0.05) is 24.2 Å². The van der Waals surface area contributed by atoms with E-state index in [4.69, 9.17) is 11.6 Å². The molecule has 0 spiro atoms. The summed E-state index contributed by atoms with van der Waals surface area (Å²) >= 11 is 6.28. The first-order chi connectivity index (χ1) is 8.84. The molecule has 0 bridgehead atoms. The Labute approximate surface area is 112 Å². The Morgan fingerprint density at radius 1 is 1.33 bits per heavy atom. The number of fused-ring (bicyclic) bond motifs is 1. The SMILES string of the molecule is Clc1cccc2ccnc(N[C@@H]3CCCNC3)c12. The third-order valence-electron chi connectivity index (χ3n) is 3.38. The van der Waals surface area contributed by atoms with Crippen molar-refractivity contribution in [2.45, 2.75) is 18.9 Å². The van der Waals surface area contributed by atoms with Gasteiger partial charge in [0.25, 0.3) is 0 Å².